The maximum Gasteiger partial charge on any atom is 0.223 e. The maximum absolute atomic E-state index is 12.6. The van der Waals surface area contributed by atoms with E-state index in [9.17, 15) is 4.79 Å². The Morgan fingerprint density at radius 1 is 1.10 bits per heavy atom. The van der Waals surface area contributed by atoms with Crippen LogP contribution in [0, 0.1) is 6.92 Å². The molecule has 0 radical (unpaired) electrons. The number of nitrogens with zero attached hydrogens (tertiary/aromatic N) is 3. The zero-order valence-electron chi connectivity index (χ0n) is 17.7. The number of hydrogen-bond acceptors (Lipinski definition) is 3. The smallest absolute Gasteiger partial charge is 0.223 e. The Labute approximate surface area is 172 Å². The summed E-state index contributed by atoms with van der Waals surface area (Å²) in [6.45, 7) is 10.3. The Bertz CT molecular complexity index is 1010. The SMILES string of the molecule is Cc1ccc(OCCn2c(C3CC(=O)N(C(C)(C)C)C3)nc3ccccc32)cc1. The molecule has 152 valence electrons. The van der Waals surface area contributed by atoms with E-state index in [4.69, 9.17) is 9.72 Å². The molecule has 2 aromatic carbocycles. The number of aromatic nitrogens is 2. The topological polar surface area (TPSA) is 47.4 Å². The molecule has 5 nitrogen and oxygen atoms in total. The van der Waals surface area contributed by atoms with E-state index in [2.05, 4.69) is 50.5 Å². The first-order valence-electron chi connectivity index (χ1n) is 10.3. The highest BCUT2D eigenvalue weighted by atomic mass is 16.5. The molecule has 0 bridgehead atoms. The molecule has 3 aromatic rings. The fourth-order valence-corrected chi connectivity index (χ4v) is 4.06. The number of ether oxygens (including phenoxy) is 1. The normalized spacial score (nSPS) is 17.3. The van der Waals surface area contributed by atoms with Crippen LogP contribution < -0.4 is 4.74 Å². The number of carbonyl (C=O) groups excluding carboxylic acids is 1. The Morgan fingerprint density at radius 3 is 2.52 bits per heavy atom. The number of fused-ring (bicyclic) bond motifs is 1. The number of hydrogen-bond donors (Lipinski definition) is 0. The number of amides is 1. The molecular weight excluding hydrogens is 362 g/mol. The molecule has 1 atom stereocenters. The molecule has 0 N–H and O–H groups in total. The van der Waals surface area contributed by atoms with E-state index in [1.54, 1.807) is 0 Å². The van der Waals surface area contributed by atoms with Crippen molar-refractivity contribution in [2.24, 2.45) is 0 Å². The van der Waals surface area contributed by atoms with Crippen molar-refractivity contribution in [3.8, 4) is 5.75 Å². The molecule has 4 rings (SSSR count). The summed E-state index contributed by atoms with van der Waals surface area (Å²) in [6.07, 6.45) is 0.513. The molecule has 1 fully saturated rings. The van der Waals surface area contributed by atoms with Gasteiger partial charge in [-0.3, -0.25) is 4.79 Å². The molecule has 0 saturated carbocycles. The zero-order valence-corrected chi connectivity index (χ0v) is 17.7. The van der Waals surface area contributed by atoms with Crippen LogP contribution in [-0.4, -0.2) is 39.0 Å². The van der Waals surface area contributed by atoms with Crippen molar-refractivity contribution < 1.29 is 9.53 Å². The highest BCUT2D eigenvalue weighted by Gasteiger charge is 2.38. The van der Waals surface area contributed by atoms with Crippen molar-refractivity contribution in [3.05, 3.63) is 59.9 Å². The summed E-state index contributed by atoms with van der Waals surface area (Å²) in [5.41, 5.74) is 3.11. The number of para-hydroxylation sites is 2. The number of rotatable bonds is 5. The van der Waals surface area contributed by atoms with Gasteiger partial charge in [0.05, 0.1) is 17.6 Å². The average molecular weight is 392 g/mol. The Kier molecular flexibility index (Phi) is 5.07. The van der Waals surface area contributed by atoms with Crippen molar-refractivity contribution in [1.82, 2.24) is 14.5 Å². The van der Waals surface area contributed by atoms with Crippen molar-refractivity contribution >= 4 is 16.9 Å². The van der Waals surface area contributed by atoms with Crippen LogP contribution in [0.15, 0.2) is 48.5 Å². The second kappa shape index (κ2) is 7.54. The van der Waals surface area contributed by atoms with Gasteiger partial charge >= 0.3 is 0 Å². The highest BCUT2D eigenvalue weighted by Crippen LogP contribution is 2.33. The van der Waals surface area contributed by atoms with Crippen molar-refractivity contribution in [1.29, 1.82) is 0 Å². The number of benzene rings is 2. The summed E-state index contributed by atoms with van der Waals surface area (Å²) >= 11 is 0. The van der Waals surface area contributed by atoms with Gasteiger partial charge in [0.1, 0.15) is 18.2 Å². The summed E-state index contributed by atoms with van der Waals surface area (Å²) in [7, 11) is 0. The molecule has 1 saturated heterocycles. The molecule has 29 heavy (non-hydrogen) atoms. The zero-order chi connectivity index (χ0) is 20.6. The molecule has 1 aromatic heterocycles. The van der Waals surface area contributed by atoms with E-state index in [1.807, 2.05) is 35.2 Å². The van der Waals surface area contributed by atoms with Crippen LogP contribution in [0.2, 0.25) is 0 Å². The first-order valence-corrected chi connectivity index (χ1v) is 10.3. The van der Waals surface area contributed by atoms with Crippen LogP contribution in [0.5, 0.6) is 5.75 Å². The molecule has 1 unspecified atom stereocenters. The highest BCUT2D eigenvalue weighted by molar-refractivity contribution is 5.81. The molecule has 1 aliphatic rings. The fourth-order valence-electron chi connectivity index (χ4n) is 4.06. The van der Waals surface area contributed by atoms with Crippen LogP contribution in [0.3, 0.4) is 0 Å². The summed E-state index contributed by atoms with van der Waals surface area (Å²) in [5, 5.41) is 0. The Hall–Kier alpha value is -2.82. The van der Waals surface area contributed by atoms with Crippen molar-refractivity contribution in [2.75, 3.05) is 13.2 Å². The summed E-state index contributed by atoms with van der Waals surface area (Å²) < 4.78 is 8.20. The van der Waals surface area contributed by atoms with Gasteiger partial charge in [-0.25, -0.2) is 4.98 Å². The lowest BCUT2D eigenvalue weighted by Gasteiger charge is -2.32. The number of imidazole rings is 1. The minimum absolute atomic E-state index is 0.105. The number of carbonyl (C=O) groups is 1. The van der Waals surface area contributed by atoms with E-state index in [-0.39, 0.29) is 17.4 Å². The minimum atomic E-state index is -0.169. The molecule has 2 heterocycles. The second-order valence-electron chi connectivity index (χ2n) is 8.85. The van der Waals surface area contributed by atoms with Crippen LogP contribution in [0.4, 0.5) is 0 Å². The first-order chi connectivity index (χ1) is 13.8. The fraction of sp³-hybridized carbons (Fsp3) is 0.417. The van der Waals surface area contributed by atoms with Gasteiger partial charge in [0, 0.05) is 24.4 Å². The molecule has 1 amide bonds. The van der Waals surface area contributed by atoms with E-state index in [0.29, 0.717) is 26.1 Å². The van der Waals surface area contributed by atoms with Crippen LogP contribution >= 0.6 is 0 Å². The maximum atomic E-state index is 12.6. The van der Waals surface area contributed by atoms with Gasteiger partial charge in [0.15, 0.2) is 0 Å². The van der Waals surface area contributed by atoms with Gasteiger partial charge in [-0.05, 0) is 52.0 Å². The largest absolute Gasteiger partial charge is 0.492 e. The summed E-state index contributed by atoms with van der Waals surface area (Å²) in [5.74, 6) is 2.17. The minimum Gasteiger partial charge on any atom is -0.492 e. The van der Waals surface area contributed by atoms with Gasteiger partial charge < -0.3 is 14.2 Å². The van der Waals surface area contributed by atoms with E-state index in [1.165, 1.54) is 5.56 Å². The van der Waals surface area contributed by atoms with Crippen LogP contribution in [0.1, 0.15) is 44.5 Å². The third-order valence-corrected chi connectivity index (χ3v) is 5.59. The van der Waals surface area contributed by atoms with Gasteiger partial charge in [0.2, 0.25) is 5.91 Å². The molecular formula is C24H29N3O2. The average Bonchev–Trinajstić information content (AvgIpc) is 3.24. The van der Waals surface area contributed by atoms with Gasteiger partial charge in [-0.2, -0.15) is 0 Å². The molecule has 0 spiro atoms. The molecule has 0 aliphatic carbocycles. The van der Waals surface area contributed by atoms with Gasteiger partial charge in [-0.15, -0.1) is 0 Å². The van der Waals surface area contributed by atoms with Crippen LogP contribution in [0.25, 0.3) is 11.0 Å². The van der Waals surface area contributed by atoms with E-state index >= 15 is 0 Å². The lowest BCUT2D eigenvalue weighted by atomic mass is 10.1. The number of likely N-dealkylation sites (tertiary alicyclic amines) is 1. The summed E-state index contributed by atoms with van der Waals surface area (Å²) in [4.78, 5) is 19.5. The monoisotopic (exact) mass is 391 g/mol. The predicted octanol–water partition coefficient (Wildman–Crippen LogP) is 4.54. The number of aryl methyl sites for hydroxylation is 1. The van der Waals surface area contributed by atoms with Crippen molar-refractivity contribution in [2.45, 2.75) is 52.1 Å². The molecule has 1 aliphatic heterocycles. The summed E-state index contributed by atoms with van der Waals surface area (Å²) in [6, 6.07) is 16.3. The van der Waals surface area contributed by atoms with Crippen LogP contribution in [-0.2, 0) is 11.3 Å². The van der Waals surface area contributed by atoms with Crippen molar-refractivity contribution in [3.63, 3.8) is 0 Å². The Morgan fingerprint density at radius 2 is 1.83 bits per heavy atom. The standard InChI is InChI=1S/C24H29N3O2/c1-17-9-11-19(12-10-17)29-14-13-26-21-8-6-5-7-20(21)25-23(26)18-15-22(28)27(16-18)24(2,3)4/h5-12,18H,13-16H2,1-4H3. The van der Waals surface area contributed by atoms with Gasteiger partial charge in [0.25, 0.3) is 0 Å². The lowest BCUT2D eigenvalue weighted by molar-refractivity contribution is -0.131. The predicted molar refractivity (Wildman–Crippen MR) is 115 cm³/mol. The lowest BCUT2D eigenvalue weighted by Crippen LogP contribution is -2.42. The Balaban J connectivity index is 1.58. The van der Waals surface area contributed by atoms with Gasteiger partial charge in [-0.1, -0.05) is 29.8 Å². The third-order valence-electron chi connectivity index (χ3n) is 5.59. The molecule has 5 heteroatoms. The second-order valence-corrected chi connectivity index (χ2v) is 8.85. The first kappa shape index (κ1) is 19.5. The van der Waals surface area contributed by atoms with E-state index in [0.717, 1.165) is 22.6 Å². The van der Waals surface area contributed by atoms with E-state index < -0.39 is 0 Å². The third kappa shape index (κ3) is 4.00. The quantitative estimate of drug-likeness (QED) is 0.642.